The van der Waals surface area contributed by atoms with Gasteiger partial charge >= 0.3 is 0 Å². The number of benzene rings is 2. The Morgan fingerprint density at radius 1 is 1.19 bits per heavy atom. The molecule has 0 saturated heterocycles. The van der Waals surface area contributed by atoms with Gasteiger partial charge in [0.25, 0.3) is 5.91 Å². The summed E-state index contributed by atoms with van der Waals surface area (Å²) >= 11 is 12.1. The van der Waals surface area contributed by atoms with Gasteiger partial charge in [-0.1, -0.05) is 29.3 Å². The number of ether oxygens (including phenoxy) is 1. The maximum Gasteiger partial charge on any atom is 0.268 e. The summed E-state index contributed by atoms with van der Waals surface area (Å²) in [5, 5.41) is 21.1. The van der Waals surface area contributed by atoms with Crippen molar-refractivity contribution in [1.29, 1.82) is 10.5 Å². The summed E-state index contributed by atoms with van der Waals surface area (Å²) in [6, 6.07) is 11.1. The summed E-state index contributed by atoms with van der Waals surface area (Å²) in [5.74, 6) is -1.35. The van der Waals surface area contributed by atoms with Crippen molar-refractivity contribution in [1.82, 2.24) is 10.3 Å². The van der Waals surface area contributed by atoms with Crippen LogP contribution in [0.5, 0.6) is 11.5 Å². The van der Waals surface area contributed by atoms with Crippen LogP contribution in [0.2, 0.25) is 10.0 Å². The van der Waals surface area contributed by atoms with E-state index in [4.69, 9.17) is 38.5 Å². The van der Waals surface area contributed by atoms with Gasteiger partial charge in [-0.3, -0.25) is 4.79 Å². The van der Waals surface area contributed by atoms with Gasteiger partial charge in [0.05, 0.1) is 22.2 Å². The molecule has 156 valence electrons. The fourth-order valence-electron chi connectivity index (χ4n) is 3.02. The highest BCUT2D eigenvalue weighted by Gasteiger charge is 2.19. The van der Waals surface area contributed by atoms with Crippen molar-refractivity contribution in [2.24, 2.45) is 0 Å². The van der Waals surface area contributed by atoms with Crippen LogP contribution in [0.15, 0.2) is 30.3 Å². The van der Waals surface area contributed by atoms with Gasteiger partial charge in [0.1, 0.15) is 17.5 Å². The number of carbonyl (C=O) groups is 1. The highest BCUT2D eigenvalue weighted by Crippen LogP contribution is 2.35. The van der Waals surface area contributed by atoms with Gasteiger partial charge in [-0.2, -0.15) is 10.5 Å². The number of nitriles is 2. The lowest BCUT2D eigenvalue weighted by Crippen LogP contribution is -2.24. The first-order chi connectivity index (χ1) is 14.7. The van der Waals surface area contributed by atoms with Gasteiger partial charge in [-0.05, 0) is 43.7 Å². The first kappa shape index (κ1) is 22.2. The van der Waals surface area contributed by atoms with E-state index in [0.29, 0.717) is 16.8 Å². The summed E-state index contributed by atoms with van der Waals surface area (Å²) in [6.45, 7) is 3.21. The molecule has 0 aliphatic rings. The minimum Gasteiger partial charge on any atom is -0.453 e. The normalized spacial score (nSPS) is 10.3. The number of nitrogens with one attached hydrogen (secondary N) is 2. The van der Waals surface area contributed by atoms with E-state index in [1.54, 1.807) is 13.8 Å². The second kappa shape index (κ2) is 9.09. The van der Waals surface area contributed by atoms with Crippen molar-refractivity contribution in [3.63, 3.8) is 0 Å². The van der Waals surface area contributed by atoms with Crippen LogP contribution in [0, 0.1) is 42.3 Å². The third kappa shape index (κ3) is 4.64. The zero-order chi connectivity index (χ0) is 22.7. The zero-order valence-corrected chi connectivity index (χ0v) is 18.0. The van der Waals surface area contributed by atoms with E-state index >= 15 is 4.39 Å². The van der Waals surface area contributed by atoms with Crippen molar-refractivity contribution in [3.05, 3.63) is 79.8 Å². The van der Waals surface area contributed by atoms with Gasteiger partial charge in [0.2, 0.25) is 0 Å². The topological polar surface area (TPSA) is 102 Å². The van der Waals surface area contributed by atoms with E-state index in [0.717, 1.165) is 0 Å². The number of hydrogen-bond acceptors (Lipinski definition) is 4. The Balaban J connectivity index is 1.83. The molecule has 6 nitrogen and oxygen atoms in total. The van der Waals surface area contributed by atoms with E-state index in [1.807, 2.05) is 12.1 Å². The Labute approximate surface area is 187 Å². The largest absolute Gasteiger partial charge is 0.453 e. The molecule has 2 N–H and O–H groups in total. The lowest BCUT2D eigenvalue weighted by molar-refractivity contribution is 0.0945. The standard InChI is InChI=1S/C22H15Cl2FN4O2/c1-11-17(9-27)12(2)29-20(11)22(30)28-10-14-3-4-18(24)21(19(14)25)31-16-6-13(8-26)5-15(23)7-16/h3-7,29H,10H2,1-2H3,(H,28,30). The summed E-state index contributed by atoms with van der Waals surface area (Å²) in [4.78, 5) is 15.4. The lowest BCUT2D eigenvalue weighted by Gasteiger charge is -2.13. The first-order valence-electron chi connectivity index (χ1n) is 8.98. The number of hydrogen-bond donors (Lipinski definition) is 2. The van der Waals surface area contributed by atoms with E-state index in [2.05, 4.69) is 10.3 Å². The minimum absolute atomic E-state index is 0.0144. The molecule has 3 aromatic rings. The molecule has 1 heterocycles. The lowest BCUT2D eigenvalue weighted by atomic mass is 10.1. The summed E-state index contributed by atoms with van der Waals surface area (Å²) < 4.78 is 20.6. The molecule has 2 aromatic carbocycles. The molecule has 0 radical (unpaired) electrons. The van der Waals surface area contributed by atoms with Crippen molar-refractivity contribution in [2.75, 3.05) is 0 Å². The number of amides is 1. The molecule has 9 heteroatoms. The molecule has 0 unspecified atom stereocenters. The van der Waals surface area contributed by atoms with Gasteiger partial charge in [-0.25, -0.2) is 4.39 Å². The van der Waals surface area contributed by atoms with Crippen LogP contribution >= 0.6 is 23.2 Å². The van der Waals surface area contributed by atoms with Crippen LogP contribution in [-0.4, -0.2) is 10.9 Å². The smallest absolute Gasteiger partial charge is 0.268 e. The van der Waals surface area contributed by atoms with Crippen LogP contribution in [0.3, 0.4) is 0 Å². The summed E-state index contributed by atoms with van der Waals surface area (Å²) in [7, 11) is 0. The molecule has 3 rings (SSSR count). The Bertz CT molecular complexity index is 1270. The molecule has 0 spiro atoms. The van der Waals surface area contributed by atoms with Crippen LogP contribution in [0.1, 0.15) is 38.4 Å². The van der Waals surface area contributed by atoms with Crippen molar-refractivity contribution < 1.29 is 13.9 Å². The quantitative estimate of drug-likeness (QED) is 0.525. The van der Waals surface area contributed by atoms with Gasteiger partial charge in [0, 0.05) is 22.8 Å². The van der Waals surface area contributed by atoms with Crippen molar-refractivity contribution >= 4 is 29.1 Å². The molecular formula is C22H15Cl2FN4O2. The Morgan fingerprint density at radius 2 is 1.94 bits per heavy atom. The monoisotopic (exact) mass is 456 g/mol. The number of halogens is 3. The summed E-state index contributed by atoms with van der Waals surface area (Å²) in [5.41, 5.74) is 2.12. The van der Waals surface area contributed by atoms with E-state index in [-0.39, 0.29) is 44.9 Å². The highest BCUT2D eigenvalue weighted by atomic mass is 35.5. The molecule has 0 fully saturated rings. The van der Waals surface area contributed by atoms with Crippen molar-refractivity contribution in [2.45, 2.75) is 20.4 Å². The average Bonchev–Trinajstić information content (AvgIpc) is 3.03. The maximum atomic E-state index is 15.0. The third-order valence-electron chi connectivity index (χ3n) is 4.57. The van der Waals surface area contributed by atoms with Crippen LogP contribution in [-0.2, 0) is 6.54 Å². The minimum atomic E-state index is -0.761. The predicted octanol–water partition coefficient (Wildman–Crippen LogP) is 5.54. The molecule has 0 saturated carbocycles. The second-order valence-corrected chi connectivity index (χ2v) is 7.50. The number of carbonyl (C=O) groups excluding carboxylic acids is 1. The van der Waals surface area contributed by atoms with E-state index in [9.17, 15) is 4.79 Å². The highest BCUT2D eigenvalue weighted by molar-refractivity contribution is 6.32. The van der Waals surface area contributed by atoms with Crippen LogP contribution < -0.4 is 10.1 Å². The molecule has 1 aromatic heterocycles. The number of aromatic nitrogens is 1. The van der Waals surface area contributed by atoms with Gasteiger partial charge in [0.15, 0.2) is 11.6 Å². The van der Waals surface area contributed by atoms with Crippen LogP contribution in [0.25, 0.3) is 0 Å². The Kier molecular flexibility index (Phi) is 6.50. The van der Waals surface area contributed by atoms with E-state index in [1.165, 1.54) is 30.3 Å². The third-order valence-corrected chi connectivity index (χ3v) is 5.08. The van der Waals surface area contributed by atoms with Crippen LogP contribution in [0.4, 0.5) is 4.39 Å². The maximum absolute atomic E-state index is 15.0. The average molecular weight is 457 g/mol. The van der Waals surface area contributed by atoms with Gasteiger partial charge < -0.3 is 15.0 Å². The number of rotatable bonds is 5. The fraction of sp³-hybridized carbons (Fsp3) is 0.136. The first-order valence-corrected chi connectivity index (χ1v) is 9.73. The fourth-order valence-corrected chi connectivity index (χ4v) is 3.43. The molecule has 0 aliphatic carbocycles. The zero-order valence-electron chi connectivity index (χ0n) is 16.4. The number of nitrogens with zero attached hydrogens (tertiary/aromatic N) is 2. The molecule has 1 amide bonds. The second-order valence-electron chi connectivity index (χ2n) is 6.66. The number of H-pyrrole nitrogens is 1. The SMILES string of the molecule is Cc1[nH]c(C(=O)NCc2ccc(Cl)c(Oc3cc(Cl)cc(C#N)c3)c2F)c(C)c1C#N. The van der Waals surface area contributed by atoms with Crippen molar-refractivity contribution in [3.8, 4) is 23.6 Å². The Hall–Kier alpha value is -3.52. The molecule has 0 atom stereocenters. The van der Waals surface area contributed by atoms with E-state index < -0.39 is 11.7 Å². The number of aromatic amines is 1. The van der Waals surface area contributed by atoms with Gasteiger partial charge in [-0.15, -0.1) is 0 Å². The Morgan fingerprint density at radius 3 is 2.58 bits per heavy atom. The summed E-state index contributed by atoms with van der Waals surface area (Å²) in [6.07, 6.45) is 0. The predicted molar refractivity (Wildman–Crippen MR) is 114 cm³/mol. The molecule has 0 aliphatic heterocycles. The molecule has 0 bridgehead atoms. The molecular weight excluding hydrogens is 442 g/mol. The number of aryl methyl sites for hydroxylation is 1. The molecule has 31 heavy (non-hydrogen) atoms.